The molecule has 0 spiro atoms. The normalized spacial score (nSPS) is 10.8. The third-order valence-electron chi connectivity index (χ3n) is 2.35. The van der Waals surface area contributed by atoms with Crippen molar-refractivity contribution >= 4 is 11.6 Å². The van der Waals surface area contributed by atoms with E-state index in [4.69, 9.17) is 0 Å². The Bertz CT molecular complexity index is 556. The number of nitrogens with zero attached hydrogens (tertiary/aromatic N) is 4. The molecule has 0 N–H and O–H groups in total. The Labute approximate surface area is 93.7 Å². The van der Waals surface area contributed by atoms with Crippen LogP contribution in [0.2, 0.25) is 0 Å². The fraction of sp³-hybridized carbons (Fsp3) is 0.364. The lowest BCUT2D eigenvalue weighted by atomic mass is 10.3. The standard InChI is InChI=1S/C11H14N4O/c1-7-5-10-12-9(11(16)14(3)4)6-8(2)15(10)13-7/h5-6H,1-4H3. The summed E-state index contributed by atoms with van der Waals surface area (Å²) in [6, 6.07) is 3.61. The minimum absolute atomic E-state index is 0.0931. The highest BCUT2D eigenvalue weighted by Crippen LogP contribution is 2.09. The first kappa shape index (κ1) is 10.6. The minimum atomic E-state index is -0.0931. The summed E-state index contributed by atoms with van der Waals surface area (Å²) in [6.07, 6.45) is 0. The summed E-state index contributed by atoms with van der Waals surface area (Å²) in [7, 11) is 3.43. The maximum atomic E-state index is 11.8. The highest BCUT2D eigenvalue weighted by Gasteiger charge is 2.12. The van der Waals surface area contributed by atoms with Gasteiger partial charge in [0, 0.05) is 25.9 Å². The second kappa shape index (κ2) is 3.59. The van der Waals surface area contributed by atoms with E-state index in [0.29, 0.717) is 11.3 Å². The average molecular weight is 218 g/mol. The third kappa shape index (κ3) is 1.64. The molecule has 2 aromatic heterocycles. The van der Waals surface area contributed by atoms with E-state index in [1.54, 1.807) is 24.7 Å². The Hall–Kier alpha value is -1.91. The van der Waals surface area contributed by atoms with Crippen molar-refractivity contribution in [3.8, 4) is 0 Å². The molecule has 0 bridgehead atoms. The quantitative estimate of drug-likeness (QED) is 0.718. The molecule has 0 saturated heterocycles. The van der Waals surface area contributed by atoms with Crippen molar-refractivity contribution in [1.82, 2.24) is 19.5 Å². The molecule has 0 unspecified atom stereocenters. The molecule has 0 aliphatic heterocycles. The van der Waals surface area contributed by atoms with E-state index < -0.39 is 0 Å². The van der Waals surface area contributed by atoms with Gasteiger partial charge in [0.25, 0.3) is 5.91 Å². The van der Waals surface area contributed by atoms with Crippen LogP contribution >= 0.6 is 0 Å². The molecule has 16 heavy (non-hydrogen) atoms. The van der Waals surface area contributed by atoms with Gasteiger partial charge in [0.2, 0.25) is 0 Å². The van der Waals surface area contributed by atoms with Crippen LogP contribution in [0.25, 0.3) is 5.65 Å². The maximum absolute atomic E-state index is 11.8. The molecular weight excluding hydrogens is 204 g/mol. The topological polar surface area (TPSA) is 50.5 Å². The Morgan fingerprint density at radius 1 is 1.31 bits per heavy atom. The second-order valence-electron chi connectivity index (χ2n) is 4.04. The van der Waals surface area contributed by atoms with Crippen molar-refractivity contribution in [2.24, 2.45) is 0 Å². The summed E-state index contributed by atoms with van der Waals surface area (Å²) >= 11 is 0. The van der Waals surface area contributed by atoms with E-state index in [1.807, 2.05) is 19.9 Å². The van der Waals surface area contributed by atoms with E-state index in [0.717, 1.165) is 11.4 Å². The van der Waals surface area contributed by atoms with Crippen molar-refractivity contribution in [3.63, 3.8) is 0 Å². The largest absolute Gasteiger partial charge is 0.343 e. The van der Waals surface area contributed by atoms with E-state index >= 15 is 0 Å². The predicted octanol–water partition coefficient (Wildman–Crippen LogP) is 1.05. The number of fused-ring (bicyclic) bond motifs is 1. The van der Waals surface area contributed by atoms with Crippen LogP contribution in [-0.4, -0.2) is 39.5 Å². The van der Waals surface area contributed by atoms with Crippen LogP contribution in [-0.2, 0) is 0 Å². The van der Waals surface area contributed by atoms with Crippen LogP contribution < -0.4 is 0 Å². The van der Waals surface area contributed by atoms with Gasteiger partial charge in [-0.1, -0.05) is 0 Å². The molecule has 0 radical (unpaired) electrons. The first-order chi connectivity index (χ1) is 7.49. The fourth-order valence-electron chi connectivity index (χ4n) is 1.58. The summed E-state index contributed by atoms with van der Waals surface area (Å²) in [6.45, 7) is 3.81. The first-order valence-electron chi connectivity index (χ1n) is 5.04. The number of carbonyl (C=O) groups excluding carboxylic acids is 1. The van der Waals surface area contributed by atoms with Crippen LogP contribution in [0.4, 0.5) is 0 Å². The molecule has 0 fully saturated rings. The number of amides is 1. The van der Waals surface area contributed by atoms with Crippen molar-refractivity contribution < 1.29 is 4.79 Å². The summed E-state index contributed by atoms with van der Waals surface area (Å²) < 4.78 is 1.74. The van der Waals surface area contributed by atoms with Crippen LogP contribution in [0.5, 0.6) is 0 Å². The molecule has 0 saturated carbocycles. The average Bonchev–Trinajstić information content (AvgIpc) is 2.57. The van der Waals surface area contributed by atoms with Gasteiger partial charge < -0.3 is 4.90 Å². The minimum Gasteiger partial charge on any atom is -0.343 e. The van der Waals surface area contributed by atoms with Gasteiger partial charge in [-0.2, -0.15) is 5.10 Å². The van der Waals surface area contributed by atoms with E-state index in [2.05, 4.69) is 10.1 Å². The molecule has 0 atom stereocenters. The van der Waals surface area contributed by atoms with Crippen LogP contribution in [0, 0.1) is 13.8 Å². The van der Waals surface area contributed by atoms with Gasteiger partial charge in [0.1, 0.15) is 5.69 Å². The van der Waals surface area contributed by atoms with Gasteiger partial charge >= 0.3 is 0 Å². The summed E-state index contributed by atoms with van der Waals surface area (Å²) in [5.41, 5.74) is 2.96. The molecule has 2 heterocycles. The zero-order chi connectivity index (χ0) is 11.9. The van der Waals surface area contributed by atoms with Crippen LogP contribution in [0.1, 0.15) is 21.9 Å². The Morgan fingerprint density at radius 3 is 2.62 bits per heavy atom. The Balaban J connectivity index is 2.61. The lowest BCUT2D eigenvalue weighted by Gasteiger charge is -2.10. The van der Waals surface area contributed by atoms with Crippen molar-refractivity contribution in [2.45, 2.75) is 13.8 Å². The van der Waals surface area contributed by atoms with Crippen LogP contribution in [0.15, 0.2) is 12.1 Å². The summed E-state index contributed by atoms with van der Waals surface area (Å²) in [5, 5.41) is 4.29. The number of rotatable bonds is 1. The molecule has 0 aromatic carbocycles. The van der Waals surface area contributed by atoms with Crippen LogP contribution in [0.3, 0.4) is 0 Å². The van der Waals surface area contributed by atoms with Gasteiger partial charge in [-0.25, -0.2) is 9.50 Å². The predicted molar refractivity (Wildman–Crippen MR) is 60.5 cm³/mol. The third-order valence-corrected chi connectivity index (χ3v) is 2.35. The summed E-state index contributed by atoms with van der Waals surface area (Å²) in [4.78, 5) is 17.6. The lowest BCUT2D eigenvalue weighted by Crippen LogP contribution is -2.23. The highest BCUT2D eigenvalue weighted by molar-refractivity contribution is 5.92. The number of carbonyl (C=O) groups is 1. The molecule has 2 aromatic rings. The monoisotopic (exact) mass is 218 g/mol. The fourth-order valence-corrected chi connectivity index (χ4v) is 1.58. The van der Waals surface area contributed by atoms with Gasteiger partial charge in [0.05, 0.1) is 5.69 Å². The summed E-state index contributed by atoms with van der Waals surface area (Å²) in [5.74, 6) is -0.0931. The second-order valence-corrected chi connectivity index (χ2v) is 4.04. The van der Waals surface area contributed by atoms with E-state index in [-0.39, 0.29) is 5.91 Å². The Morgan fingerprint density at radius 2 is 2.00 bits per heavy atom. The van der Waals surface area contributed by atoms with E-state index in [1.165, 1.54) is 4.90 Å². The molecule has 5 nitrogen and oxygen atoms in total. The molecule has 0 aliphatic rings. The van der Waals surface area contributed by atoms with E-state index in [9.17, 15) is 4.79 Å². The van der Waals surface area contributed by atoms with Gasteiger partial charge in [0.15, 0.2) is 5.65 Å². The van der Waals surface area contributed by atoms with Gasteiger partial charge in [-0.3, -0.25) is 4.79 Å². The van der Waals surface area contributed by atoms with Gasteiger partial charge in [-0.15, -0.1) is 0 Å². The maximum Gasteiger partial charge on any atom is 0.272 e. The highest BCUT2D eigenvalue weighted by atomic mass is 16.2. The molecule has 5 heteroatoms. The SMILES string of the molecule is Cc1cc2nc(C(=O)N(C)C)cc(C)n2n1. The zero-order valence-corrected chi connectivity index (χ0v) is 9.85. The smallest absolute Gasteiger partial charge is 0.272 e. The van der Waals surface area contributed by atoms with Gasteiger partial charge in [-0.05, 0) is 19.9 Å². The lowest BCUT2D eigenvalue weighted by molar-refractivity contribution is 0.0822. The van der Waals surface area contributed by atoms with Crippen molar-refractivity contribution in [1.29, 1.82) is 0 Å². The Kier molecular flexibility index (Phi) is 2.38. The van der Waals surface area contributed by atoms with Crippen molar-refractivity contribution in [3.05, 3.63) is 29.2 Å². The molecular formula is C11H14N4O. The number of aromatic nitrogens is 3. The molecule has 2 rings (SSSR count). The number of hydrogen-bond acceptors (Lipinski definition) is 3. The molecule has 1 amide bonds. The molecule has 84 valence electrons. The zero-order valence-electron chi connectivity index (χ0n) is 9.85. The van der Waals surface area contributed by atoms with Crippen molar-refractivity contribution in [2.75, 3.05) is 14.1 Å². The number of aryl methyl sites for hydroxylation is 2. The molecule has 0 aliphatic carbocycles. The first-order valence-corrected chi connectivity index (χ1v) is 5.04. The number of hydrogen-bond donors (Lipinski definition) is 0.